The Labute approximate surface area is 85.1 Å². The van der Waals surface area contributed by atoms with Crippen LogP contribution in [0.3, 0.4) is 0 Å². The highest BCUT2D eigenvalue weighted by atomic mass is 35.5. The number of hydrogen-bond acceptors (Lipinski definition) is 2. The van der Waals surface area contributed by atoms with Crippen LogP contribution in [-0.2, 0) is 6.42 Å². The second-order valence-electron chi connectivity index (χ2n) is 2.76. The van der Waals surface area contributed by atoms with Crippen molar-refractivity contribution in [1.29, 1.82) is 5.26 Å². The number of alkyl halides is 2. The highest BCUT2D eigenvalue weighted by Crippen LogP contribution is 2.28. The van der Waals surface area contributed by atoms with E-state index in [4.69, 9.17) is 16.9 Å². The zero-order valence-electron chi connectivity index (χ0n) is 7.39. The fourth-order valence-corrected chi connectivity index (χ4v) is 1.44. The van der Waals surface area contributed by atoms with Gasteiger partial charge >= 0.3 is 0 Å². The van der Waals surface area contributed by atoms with Gasteiger partial charge in [-0.1, -0.05) is 11.6 Å². The van der Waals surface area contributed by atoms with E-state index in [1.807, 2.05) is 0 Å². The Balaban J connectivity index is 3.30. The van der Waals surface area contributed by atoms with Gasteiger partial charge in [0.15, 0.2) is 0 Å². The molecule has 1 rings (SSSR count). The van der Waals surface area contributed by atoms with Crippen molar-refractivity contribution >= 4 is 11.6 Å². The van der Waals surface area contributed by atoms with Gasteiger partial charge in [0.1, 0.15) is 5.15 Å². The summed E-state index contributed by atoms with van der Waals surface area (Å²) in [5.41, 5.74) is 0.339. The van der Waals surface area contributed by atoms with Crippen LogP contribution < -0.4 is 0 Å². The lowest BCUT2D eigenvalue weighted by atomic mass is 10.1. The van der Waals surface area contributed by atoms with Gasteiger partial charge in [-0.05, 0) is 13.0 Å². The number of pyridine rings is 1. The van der Waals surface area contributed by atoms with E-state index in [0.717, 1.165) is 0 Å². The molecule has 0 saturated heterocycles. The minimum atomic E-state index is -2.63. The molecule has 1 aromatic rings. The molecule has 1 aromatic heterocycles. The number of nitriles is 1. The summed E-state index contributed by atoms with van der Waals surface area (Å²) in [6, 6.07) is 3.03. The standard InChI is InChI=1S/C9H7ClF2N2/c1-5-4-7(9(11)12)6(2-3-13)8(10)14-5/h4,9H,2H2,1H3. The zero-order valence-corrected chi connectivity index (χ0v) is 8.15. The number of nitrogens with zero attached hydrogens (tertiary/aromatic N) is 2. The van der Waals surface area contributed by atoms with Gasteiger partial charge in [-0.25, -0.2) is 13.8 Å². The molecule has 14 heavy (non-hydrogen) atoms. The van der Waals surface area contributed by atoms with Crippen LogP contribution >= 0.6 is 11.6 Å². The molecular formula is C9H7ClF2N2. The van der Waals surface area contributed by atoms with E-state index in [2.05, 4.69) is 4.98 Å². The van der Waals surface area contributed by atoms with Gasteiger partial charge in [-0.3, -0.25) is 0 Å². The molecule has 5 heteroatoms. The van der Waals surface area contributed by atoms with E-state index in [1.54, 1.807) is 13.0 Å². The molecule has 0 spiro atoms. The molecular weight excluding hydrogens is 210 g/mol. The van der Waals surface area contributed by atoms with Crippen LogP contribution in [0.25, 0.3) is 0 Å². The van der Waals surface area contributed by atoms with Crippen molar-refractivity contribution in [3.05, 3.63) is 28.0 Å². The van der Waals surface area contributed by atoms with Gasteiger partial charge in [0.25, 0.3) is 6.43 Å². The summed E-state index contributed by atoms with van der Waals surface area (Å²) in [5, 5.41) is 8.43. The normalized spacial score (nSPS) is 10.3. The topological polar surface area (TPSA) is 36.7 Å². The maximum atomic E-state index is 12.5. The van der Waals surface area contributed by atoms with E-state index >= 15 is 0 Å². The summed E-state index contributed by atoms with van der Waals surface area (Å²) < 4.78 is 25.0. The van der Waals surface area contributed by atoms with E-state index in [9.17, 15) is 8.78 Å². The van der Waals surface area contributed by atoms with Crippen LogP contribution in [0.5, 0.6) is 0 Å². The maximum Gasteiger partial charge on any atom is 0.264 e. The lowest BCUT2D eigenvalue weighted by Crippen LogP contribution is -1.99. The number of aryl methyl sites for hydroxylation is 1. The fraction of sp³-hybridized carbons (Fsp3) is 0.333. The van der Waals surface area contributed by atoms with Crippen LogP contribution in [0.2, 0.25) is 5.15 Å². The van der Waals surface area contributed by atoms with Crippen molar-refractivity contribution in [2.45, 2.75) is 19.8 Å². The Bertz CT molecular complexity index is 385. The van der Waals surface area contributed by atoms with Crippen LogP contribution in [0.1, 0.15) is 23.2 Å². The average molecular weight is 217 g/mol. The second-order valence-corrected chi connectivity index (χ2v) is 3.12. The SMILES string of the molecule is Cc1cc(C(F)F)c(CC#N)c(Cl)n1. The van der Waals surface area contributed by atoms with Crippen LogP contribution in [0, 0.1) is 18.3 Å². The van der Waals surface area contributed by atoms with Gasteiger partial charge in [-0.2, -0.15) is 5.26 Å². The first kappa shape index (κ1) is 10.9. The lowest BCUT2D eigenvalue weighted by molar-refractivity contribution is 0.150. The molecule has 0 unspecified atom stereocenters. The number of rotatable bonds is 2. The molecule has 0 saturated carbocycles. The van der Waals surface area contributed by atoms with Gasteiger partial charge in [0, 0.05) is 16.8 Å². The van der Waals surface area contributed by atoms with Crippen molar-refractivity contribution in [2.75, 3.05) is 0 Å². The highest BCUT2D eigenvalue weighted by Gasteiger charge is 2.17. The summed E-state index contributed by atoms with van der Waals surface area (Å²) in [6.45, 7) is 1.58. The minimum Gasteiger partial charge on any atom is -0.241 e. The van der Waals surface area contributed by atoms with E-state index < -0.39 is 6.43 Å². The first-order chi connectivity index (χ1) is 6.56. The third kappa shape index (κ3) is 2.18. The first-order valence-corrected chi connectivity index (χ1v) is 4.25. The Morgan fingerprint density at radius 1 is 1.64 bits per heavy atom. The molecule has 0 fully saturated rings. The molecule has 0 aliphatic carbocycles. The van der Waals surface area contributed by atoms with Crippen molar-refractivity contribution in [3.8, 4) is 6.07 Å². The van der Waals surface area contributed by atoms with Gasteiger partial charge in [0.05, 0.1) is 12.5 Å². The molecule has 1 heterocycles. The summed E-state index contributed by atoms with van der Waals surface area (Å²) in [5.74, 6) is 0. The van der Waals surface area contributed by atoms with Gasteiger partial charge in [-0.15, -0.1) is 0 Å². The molecule has 0 atom stereocenters. The van der Waals surface area contributed by atoms with Crippen molar-refractivity contribution < 1.29 is 8.78 Å². The van der Waals surface area contributed by atoms with Gasteiger partial charge in [0.2, 0.25) is 0 Å². The predicted molar refractivity (Wildman–Crippen MR) is 48.3 cm³/mol. The molecule has 0 radical (unpaired) electrons. The summed E-state index contributed by atoms with van der Waals surface area (Å²) in [4.78, 5) is 3.82. The Morgan fingerprint density at radius 3 is 2.79 bits per heavy atom. The van der Waals surface area contributed by atoms with Gasteiger partial charge < -0.3 is 0 Å². The zero-order chi connectivity index (χ0) is 10.7. The maximum absolute atomic E-state index is 12.5. The largest absolute Gasteiger partial charge is 0.264 e. The van der Waals surface area contributed by atoms with Crippen molar-refractivity contribution in [2.24, 2.45) is 0 Å². The summed E-state index contributed by atoms with van der Waals surface area (Å²) in [6.07, 6.45) is -2.77. The van der Waals surface area contributed by atoms with E-state index in [-0.39, 0.29) is 22.7 Å². The minimum absolute atomic E-state index is 0.0122. The molecule has 0 aliphatic heterocycles. The van der Waals surface area contributed by atoms with Crippen LogP contribution in [0.4, 0.5) is 8.78 Å². The summed E-state index contributed by atoms with van der Waals surface area (Å²) in [7, 11) is 0. The fourth-order valence-electron chi connectivity index (χ4n) is 1.13. The predicted octanol–water partition coefficient (Wildman–Crippen LogP) is 3.05. The third-order valence-corrected chi connectivity index (χ3v) is 2.04. The Kier molecular flexibility index (Phi) is 3.37. The smallest absolute Gasteiger partial charge is 0.241 e. The monoisotopic (exact) mass is 216 g/mol. The number of aromatic nitrogens is 1. The van der Waals surface area contributed by atoms with Crippen LogP contribution in [0.15, 0.2) is 6.07 Å². The Hall–Kier alpha value is -1.21. The number of halogens is 3. The second kappa shape index (κ2) is 4.34. The molecule has 0 aliphatic rings. The molecule has 74 valence electrons. The van der Waals surface area contributed by atoms with E-state index in [0.29, 0.717) is 5.69 Å². The third-order valence-electron chi connectivity index (χ3n) is 1.73. The summed E-state index contributed by atoms with van der Waals surface area (Å²) >= 11 is 5.66. The quantitative estimate of drug-likeness (QED) is 0.713. The Morgan fingerprint density at radius 2 is 2.29 bits per heavy atom. The molecule has 0 amide bonds. The molecule has 2 nitrogen and oxygen atoms in total. The first-order valence-electron chi connectivity index (χ1n) is 3.87. The molecule has 0 aromatic carbocycles. The lowest BCUT2D eigenvalue weighted by Gasteiger charge is -2.08. The van der Waals surface area contributed by atoms with E-state index in [1.165, 1.54) is 6.07 Å². The molecule has 0 N–H and O–H groups in total. The van der Waals surface area contributed by atoms with Crippen LogP contribution in [-0.4, -0.2) is 4.98 Å². The van der Waals surface area contributed by atoms with Crippen molar-refractivity contribution in [1.82, 2.24) is 4.98 Å². The van der Waals surface area contributed by atoms with Crippen molar-refractivity contribution in [3.63, 3.8) is 0 Å². The highest BCUT2D eigenvalue weighted by molar-refractivity contribution is 6.30. The molecule has 0 bridgehead atoms. The average Bonchev–Trinajstić information content (AvgIpc) is 2.09. The number of hydrogen-bond donors (Lipinski definition) is 0.